The van der Waals surface area contributed by atoms with Gasteiger partial charge in [0.25, 0.3) is 6.33 Å². The predicted octanol–water partition coefficient (Wildman–Crippen LogP) is 19.0. The molecule has 13 aromatic rings. The lowest BCUT2D eigenvalue weighted by atomic mass is 9.62. The second kappa shape index (κ2) is 22.2. The van der Waals surface area contributed by atoms with Crippen LogP contribution in [0.5, 0.6) is 11.5 Å². The molecule has 2 aliphatic rings. The fourth-order valence-electron chi connectivity index (χ4n) is 12.9. The van der Waals surface area contributed by atoms with Crippen LogP contribution in [0.15, 0.2) is 243 Å². The van der Waals surface area contributed by atoms with Gasteiger partial charge in [0.05, 0.1) is 41.7 Å². The lowest BCUT2D eigenvalue weighted by Gasteiger charge is -2.42. The molecular formula is C87H84N4OSi. The summed E-state index contributed by atoms with van der Waals surface area (Å²) in [5, 5.41) is 6.01. The van der Waals surface area contributed by atoms with Crippen LogP contribution in [-0.4, -0.2) is 22.2 Å². The average molecular weight is 1270 g/mol. The first-order valence-electron chi connectivity index (χ1n) is 50.4. The van der Waals surface area contributed by atoms with Crippen molar-refractivity contribution < 1.29 is 65.5 Å². The maximum Gasteiger partial charge on any atom is 0.269 e. The van der Waals surface area contributed by atoms with Gasteiger partial charge < -0.3 is 4.74 Å². The van der Waals surface area contributed by atoms with Gasteiger partial charge in [0.15, 0.2) is 8.07 Å². The van der Waals surface area contributed by atoms with Crippen molar-refractivity contribution in [2.45, 2.75) is 135 Å². The van der Waals surface area contributed by atoms with Gasteiger partial charge in [-0.05, 0) is 179 Å². The van der Waals surface area contributed by atoms with Crippen LogP contribution in [0.1, 0.15) is 191 Å². The minimum Gasteiger partial charge on any atom is -0.458 e. The summed E-state index contributed by atoms with van der Waals surface area (Å²) >= 11 is 0. The Kier molecular flexibility index (Phi) is 7.08. The molecule has 93 heavy (non-hydrogen) atoms. The van der Waals surface area contributed by atoms with Gasteiger partial charge in [-0.15, -0.1) is 0 Å². The van der Waals surface area contributed by atoms with Gasteiger partial charge >= 0.3 is 0 Å². The highest BCUT2D eigenvalue weighted by molar-refractivity contribution is 7.20. The summed E-state index contributed by atoms with van der Waals surface area (Å²) in [5.41, 5.74) is -33.7. The first-order valence-corrected chi connectivity index (χ1v) is 31.9. The first kappa shape index (κ1) is 29.7. The normalized spacial score (nSPS) is 25.6. The molecule has 0 unspecified atom stereocenters. The molecule has 0 bridgehead atoms. The van der Waals surface area contributed by atoms with E-state index in [9.17, 15) is 39.8 Å². The van der Waals surface area contributed by atoms with E-state index in [1.807, 2.05) is 83.4 Å². The quantitative estimate of drug-likeness (QED) is 0.0560. The molecule has 0 atom stereocenters. The lowest BCUT2D eigenvalue weighted by molar-refractivity contribution is -0.571. The third kappa shape index (κ3) is 10.2. The minimum atomic E-state index is -4.97. The number of hydrogen-bond acceptors (Lipinski definition) is 2. The Morgan fingerprint density at radius 1 is 0.516 bits per heavy atom. The SMILES string of the molecule is [2H]c1c([2H])c2c(c([2H])c1-c1cc(C([2H])([2H])[2H])cc(-c3c([2H])c([2H])c4c(c3[2H])C(C([2H])([2H])[2H])(C([2H])([2H])[2H])C([2H])([2H])C([2H])([2H])C4(C([2H])([2H])[2H])C([2H])([2H])[2H])c1-[n+]1[c-]n(-c3cccc(Oc4ccc5c6cc([Si](c7ccccc7)(c7ccccc7)c7ccccc7)ccc6n(-c6cc(C(C)(C)C)ccn6)c5c4)c3)c3ccccc31)C(C([2H])([2H])[2H])(C([2H])([2H])[2H])C([2H])([2H])C([2H])([2H])C2(C([2H])([2H])[2H])C([2H])([2H])[2H]. The first-order chi connectivity index (χ1) is 61.4. The molecule has 5 nitrogen and oxygen atoms in total. The summed E-state index contributed by atoms with van der Waals surface area (Å²) in [6.45, 7) is -34.8. The van der Waals surface area contributed by atoms with E-state index in [4.69, 9.17) is 26.2 Å². The monoisotopic (exact) mass is 1270 g/mol. The second-order valence-electron chi connectivity index (χ2n) is 24.5. The molecule has 15 rings (SSSR count). The van der Waals surface area contributed by atoms with Gasteiger partial charge in [-0.2, -0.15) is 0 Å². The predicted molar refractivity (Wildman–Crippen MR) is 391 cm³/mol. The molecule has 3 heterocycles. The van der Waals surface area contributed by atoms with E-state index < -0.39 is 209 Å². The zero-order chi connectivity index (χ0) is 99.3. The highest BCUT2D eigenvalue weighted by atomic mass is 28.3. The fourth-order valence-corrected chi connectivity index (χ4v) is 17.7. The summed E-state index contributed by atoms with van der Waals surface area (Å²) < 4.78 is 396. The van der Waals surface area contributed by atoms with Crippen LogP contribution in [0.4, 0.5) is 0 Å². The molecule has 6 heteroatoms. The fraction of sp³-hybridized carbons (Fsp3) is 0.241. The van der Waals surface area contributed by atoms with Crippen molar-refractivity contribution in [1.82, 2.24) is 14.1 Å². The molecule has 0 saturated carbocycles. The summed E-state index contributed by atoms with van der Waals surface area (Å²) in [5.74, 6) is 0.822. The number of aromatic nitrogens is 4. The number of benzene rings is 10. The topological polar surface area (TPSA) is 35.9 Å². The van der Waals surface area contributed by atoms with Crippen molar-refractivity contribution in [3.05, 3.63) is 282 Å². The van der Waals surface area contributed by atoms with Crippen LogP contribution < -0.4 is 30.1 Å². The summed E-state index contributed by atoms with van der Waals surface area (Å²) in [6, 6.07) is 47.8. The highest BCUT2D eigenvalue weighted by Gasteiger charge is 2.43. The lowest BCUT2D eigenvalue weighted by Crippen LogP contribution is -2.74. The highest BCUT2D eigenvalue weighted by Crippen LogP contribution is 2.50. The number of ether oxygens (including phenoxy) is 1. The minimum absolute atomic E-state index is 0.0206. The van der Waals surface area contributed by atoms with Crippen LogP contribution in [0.3, 0.4) is 0 Å². The molecule has 0 fully saturated rings. The molecular weight excluding hydrogens is 1150 g/mol. The zero-order valence-electron chi connectivity index (χ0n) is 91.3. The molecule has 0 spiro atoms. The number of hydrogen-bond donors (Lipinski definition) is 0. The Bertz CT molecular complexity index is 6560. The molecule has 0 aliphatic heterocycles. The van der Waals surface area contributed by atoms with Gasteiger partial charge in [0.1, 0.15) is 17.3 Å². The number of nitrogens with zero attached hydrogens (tertiary/aromatic N) is 4. The average Bonchev–Trinajstić information content (AvgIpc) is 0.636. The van der Waals surface area contributed by atoms with Gasteiger partial charge in [0, 0.05) is 71.0 Å². The smallest absolute Gasteiger partial charge is 0.269 e. The van der Waals surface area contributed by atoms with Gasteiger partial charge in [-0.1, -0.05) is 263 Å². The van der Waals surface area contributed by atoms with Crippen LogP contribution >= 0.6 is 0 Å². The Balaban J connectivity index is 1.07. The van der Waals surface area contributed by atoms with E-state index >= 15 is 0 Å². The summed E-state index contributed by atoms with van der Waals surface area (Å²) in [4.78, 5) is 4.98. The third-order valence-corrected chi connectivity index (χ3v) is 22.2. The van der Waals surface area contributed by atoms with E-state index in [0.29, 0.717) is 23.5 Å². The van der Waals surface area contributed by atoms with Crippen LogP contribution in [0.25, 0.3) is 72.3 Å². The van der Waals surface area contributed by atoms with Crippen molar-refractivity contribution >= 4 is 61.7 Å². The molecule has 0 N–H and O–H groups in total. The molecule has 10 aromatic carbocycles. The Morgan fingerprint density at radius 3 is 1.65 bits per heavy atom. The van der Waals surface area contributed by atoms with Crippen molar-refractivity contribution in [3.63, 3.8) is 0 Å². The van der Waals surface area contributed by atoms with Crippen molar-refractivity contribution in [3.8, 4) is 50.9 Å². The van der Waals surface area contributed by atoms with E-state index in [0.717, 1.165) is 47.2 Å². The molecule has 0 radical (unpaired) electrons. The van der Waals surface area contributed by atoms with E-state index in [2.05, 4.69) is 81.7 Å². The molecule has 3 aromatic heterocycles. The standard InChI is InChI=1S/C87H84N4OSi/c1-58-49-70(59-35-40-73-75(51-59)86(9,10)46-44-84(73,5)6)82(71(50-58)60-36-41-74-76(52-60)87(11,12)47-45-85(74,7)8)90-57-89(78-33-22-23-34-79(78)90)62-25-24-26-63(54-62)92-64-37-39-69-72-56-68(38-42-77(72)91(80(69)55-64)81-53-61(43-48-88-81)83(2,3)4)93(65-27-16-13-17-28-65,66-29-18-14-19-30-66)67-31-20-15-21-32-67/h13-43,48-56H,44-47H2,1-12H3/i1D3,5D3,6D3,7D3,8D3,9D3,10D3,11D3,12D3,35D,36D,40D,41D,44D2,45D2,46D2,47D2,51D,52D. The molecule has 462 valence electrons. The van der Waals surface area contributed by atoms with Crippen molar-refractivity contribution in [2.75, 3.05) is 0 Å². The van der Waals surface area contributed by atoms with Gasteiger partial charge in [-0.3, -0.25) is 13.7 Å². The van der Waals surface area contributed by atoms with Gasteiger partial charge in [-0.25, -0.2) is 4.98 Å². The summed E-state index contributed by atoms with van der Waals surface area (Å²) in [7, 11) is -3.18. The molecule has 0 amide bonds. The molecule has 0 saturated heterocycles. The van der Waals surface area contributed by atoms with Crippen molar-refractivity contribution in [2.24, 2.45) is 0 Å². The summed E-state index contributed by atoms with van der Waals surface area (Å²) in [6.07, 6.45) is -15.0. The number of rotatable bonds is 11. The molecule has 2 aliphatic carbocycles. The van der Waals surface area contributed by atoms with E-state index in [1.165, 1.54) is 47.0 Å². The largest absolute Gasteiger partial charge is 0.458 e. The number of para-hydroxylation sites is 2. The number of pyridine rings is 1. The Hall–Kier alpha value is -9.36. The van der Waals surface area contributed by atoms with E-state index in [-0.39, 0.29) is 33.6 Å². The van der Waals surface area contributed by atoms with E-state index in [1.54, 1.807) is 18.3 Å². The van der Waals surface area contributed by atoms with Crippen LogP contribution in [0.2, 0.25) is 0 Å². The van der Waals surface area contributed by atoms with Crippen LogP contribution in [0, 0.1) is 13.2 Å². The Labute approximate surface area is 608 Å². The number of fused-ring (bicyclic) bond motifs is 6. The van der Waals surface area contributed by atoms with Gasteiger partial charge in [0.2, 0.25) is 0 Å². The second-order valence-corrected chi connectivity index (χ2v) is 28.3. The maximum absolute atomic E-state index is 10.6. The van der Waals surface area contributed by atoms with Crippen LogP contribution in [-0.2, 0) is 27.1 Å². The number of imidazole rings is 1. The Morgan fingerprint density at radius 2 is 1.08 bits per heavy atom. The zero-order valence-corrected chi connectivity index (χ0v) is 51.3. The third-order valence-electron chi connectivity index (χ3n) is 17.4. The maximum atomic E-state index is 10.6. The van der Waals surface area contributed by atoms with Crippen molar-refractivity contribution in [1.29, 1.82) is 0 Å². The number of aryl methyl sites for hydroxylation is 1.